The fourth-order valence-electron chi connectivity index (χ4n) is 2.15. The Bertz CT molecular complexity index is 158. The molecule has 1 N–H and O–H groups in total. The van der Waals surface area contributed by atoms with Crippen molar-refractivity contribution in [2.45, 2.75) is 25.9 Å². The summed E-state index contributed by atoms with van der Waals surface area (Å²) >= 11 is 0. The molecule has 0 saturated carbocycles. The molecule has 2 saturated heterocycles. The molecule has 2 heterocycles. The molecule has 0 aromatic carbocycles. The zero-order valence-electron chi connectivity index (χ0n) is 8.79. The van der Waals surface area contributed by atoms with Gasteiger partial charge in [0, 0.05) is 51.4 Å². The first-order valence-corrected chi connectivity index (χ1v) is 5.46. The van der Waals surface area contributed by atoms with Crippen LogP contribution >= 0.6 is 0 Å². The van der Waals surface area contributed by atoms with Gasteiger partial charge in [-0.25, -0.2) is 0 Å². The van der Waals surface area contributed by atoms with E-state index in [1.54, 1.807) is 0 Å². The summed E-state index contributed by atoms with van der Waals surface area (Å²) in [7, 11) is 0. The third kappa shape index (κ3) is 2.03. The molecule has 0 unspecified atom stereocenters. The summed E-state index contributed by atoms with van der Waals surface area (Å²) in [4.78, 5) is 5.21. The normalized spacial score (nSPS) is 27.9. The van der Waals surface area contributed by atoms with E-state index >= 15 is 0 Å². The Morgan fingerprint density at radius 1 is 1.08 bits per heavy atom. The molecule has 0 radical (unpaired) electrons. The van der Waals surface area contributed by atoms with Gasteiger partial charge in [-0.3, -0.25) is 9.80 Å². The van der Waals surface area contributed by atoms with E-state index in [2.05, 4.69) is 29.0 Å². The zero-order chi connectivity index (χ0) is 9.26. The Balaban J connectivity index is 1.75. The van der Waals surface area contributed by atoms with Crippen LogP contribution in [0.4, 0.5) is 0 Å². The predicted octanol–water partition coefficient (Wildman–Crippen LogP) is -0.0158. The van der Waals surface area contributed by atoms with Gasteiger partial charge in [-0.2, -0.15) is 0 Å². The van der Waals surface area contributed by atoms with Gasteiger partial charge >= 0.3 is 0 Å². The smallest absolute Gasteiger partial charge is 0.0346 e. The number of hydrogen-bond acceptors (Lipinski definition) is 3. The highest BCUT2D eigenvalue weighted by atomic mass is 15.3. The first-order chi connectivity index (χ1) is 6.27. The quantitative estimate of drug-likeness (QED) is 0.649. The van der Waals surface area contributed by atoms with Crippen LogP contribution in [0.3, 0.4) is 0 Å². The molecule has 13 heavy (non-hydrogen) atoms. The second kappa shape index (κ2) is 3.95. The summed E-state index contributed by atoms with van der Waals surface area (Å²) < 4.78 is 0. The van der Waals surface area contributed by atoms with Crippen molar-refractivity contribution in [1.82, 2.24) is 15.1 Å². The van der Waals surface area contributed by atoms with Crippen molar-refractivity contribution < 1.29 is 0 Å². The van der Waals surface area contributed by atoms with Gasteiger partial charge in [0.1, 0.15) is 0 Å². The second-order valence-corrected chi connectivity index (χ2v) is 4.48. The lowest BCUT2D eigenvalue weighted by Gasteiger charge is -2.44. The van der Waals surface area contributed by atoms with Crippen LogP contribution in [-0.2, 0) is 0 Å². The molecule has 2 rings (SSSR count). The topological polar surface area (TPSA) is 18.5 Å². The molecule has 0 aromatic rings. The highest BCUT2D eigenvalue weighted by Gasteiger charge is 2.27. The van der Waals surface area contributed by atoms with Gasteiger partial charge in [0.05, 0.1) is 0 Å². The highest BCUT2D eigenvalue weighted by Crippen LogP contribution is 2.11. The highest BCUT2D eigenvalue weighted by molar-refractivity contribution is 4.87. The van der Waals surface area contributed by atoms with Crippen LogP contribution in [0.15, 0.2) is 0 Å². The lowest BCUT2D eigenvalue weighted by Crippen LogP contribution is -2.62. The summed E-state index contributed by atoms with van der Waals surface area (Å²) in [5.74, 6) is 0. The third-order valence-corrected chi connectivity index (χ3v) is 3.36. The third-order valence-electron chi connectivity index (χ3n) is 3.36. The van der Waals surface area contributed by atoms with Crippen molar-refractivity contribution in [3.63, 3.8) is 0 Å². The first kappa shape index (κ1) is 9.44. The Morgan fingerprint density at radius 3 is 2.08 bits per heavy atom. The lowest BCUT2D eigenvalue weighted by atomic mass is 10.1. The molecule has 0 aromatic heterocycles. The minimum Gasteiger partial charge on any atom is -0.314 e. The Labute approximate surface area is 81.1 Å². The maximum atomic E-state index is 3.34. The molecular weight excluding hydrogens is 162 g/mol. The van der Waals surface area contributed by atoms with Gasteiger partial charge in [-0.15, -0.1) is 0 Å². The van der Waals surface area contributed by atoms with Crippen molar-refractivity contribution in [1.29, 1.82) is 0 Å². The molecule has 3 nitrogen and oxygen atoms in total. The second-order valence-electron chi connectivity index (χ2n) is 4.48. The SMILES string of the molecule is CC(C)N1CCN(C2CNC2)CC1. The molecule has 0 bridgehead atoms. The minimum atomic E-state index is 0.724. The van der Waals surface area contributed by atoms with Gasteiger partial charge in [0.15, 0.2) is 0 Å². The summed E-state index contributed by atoms with van der Waals surface area (Å²) in [6.07, 6.45) is 0. The molecule has 2 aliphatic rings. The van der Waals surface area contributed by atoms with E-state index in [0.717, 1.165) is 12.1 Å². The number of hydrogen-bond donors (Lipinski definition) is 1. The number of nitrogens with one attached hydrogen (secondary N) is 1. The molecule has 0 aliphatic carbocycles. The van der Waals surface area contributed by atoms with Crippen LogP contribution in [0.5, 0.6) is 0 Å². The van der Waals surface area contributed by atoms with Crippen LogP contribution in [-0.4, -0.2) is 61.2 Å². The van der Waals surface area contributed by atoms with Crippen LogP contribution in [0.25, 0.3) is 0 Å². The van der Waals surface area contributed by atoms with E-state index in [1.165, 1.54) is 39.3 Å². The van der Waals surface area contributed by atoms with E-state index in [1.807, 2.05) is 0 Å². The van der Waals surface area contributed by atoms with Crippen LogP contribution in [0.1, 0.15) is 13.8 Å². The van der Waals surface area contributed by atoms with Crippen molar-refractivity contribution in [3.05, 3.63) is 0 Å². The zero-order valence-corrected chi connectivity index (χ0v) is 8.79. The minimum absolute atomic E-state index is 0.724. The summed E-state index contributed by atoms with van der Waals surface area (Å²) in [5, 5.41) is 3.34. The maximum Gasteiger partial charge on any atom is 0.0346 e. The average molecular weight is 183 g/mol. The summed E-state index contributed by atoms with van der Waals surface area (Å²) in [6.45, 7) is 12.1. The largest absolute Gasteiger partial charge is 0.314 e. The van der Waals surface area contributed by atoms with E-state index in [-0.39, 0.29) is 0 Å². The standard InChI is InChI=1S/C10H21N3/c1-9(2)12-3-5-13(6-4-12)10-7-11-8-10/h9-11H,3-8H2,1-2H3. The number of piperazine rings is 1. The van der Waals surface area contributed by atoms with Crippen LogP contribution in [0, 0.1) is 0 Å². The van der Waals surface area contributed by atoms with Gasteiger partial charge in [-0.1, -0.05) is 0 Å². The van der Waals surface area contributed by atoms with E-state index in [4.69, 9.17) is 0 Å². The van der Waals surface area contributed by atoms with Gasteiger partial charge < -0.3 is 5.32 Å². The van der Waals surface area contributed by atoms with Gasteiger partial charge in [-0.05, 0) is 13.8 Å². The molecule has 0 atom stereocenters. The van der Waals surface area contributed by atoms with Crippen molar-refractivity contribution >= 4 is 0 Å². The van der Waals surface area contributed by atoms with Crippen LogP contribution < -0.4 is 5.32 Å². The van der Waals surface area contributed by atoms with Crippen LogP contribution in [0.2, 0.25) is 0 Å². The Kier molecular flexibility index (Phi) is 2.86. The molecule has 2 fully saturated rings. The average Bonchev–Trinajstić information content (AvgIpc) is 2.02. The molecule has 2 aliphatic heterocycles. The fraction of sp³-hybridized carbons (Fsp3) is 1.00. The Morgan fingerprint density at radius 2 is 1.69 bits per heavy atom. The molecule has 3 heteroatoms. The van der Waals surface area contributed by atoms with E-state index < -0.39 is 0 Å². The molecule has 0 spiro atoms. The van der Waals surface area contributed by atoms with Gasteiger partial charge in [0.2, 0.25) is 0 Å². The predicted molar refractivity (Wildman–Crippen MR) is 54.9 cm³/mol. The summed E-state index contributed by atoms with van der Waals surface area (Å²) in [6, 6.07) is 1.57. The molecule has 76 valence electrons. The molecular formula is C10H21N3. The van der Waals surface area contributed by atoms with E-state index in [0.29, 0.717) is 0 Å². The monoisotopic (exact) mass is 183 g/mol. The number of nitrogens with zero attached hydrogens (tertiary/aromatic N) is 2. The fourth-order valence-corrected chi connectivity index (χ4v) is 2.15. The summed E-state index contributed by atoms with van der Waals surface area (Å²) in [5.41, 5.74) is 0. The van der Waals surface area contributed by atoms with Crippen molar-refractivity contribution in [3.8, 4) is 0 Å². The first-order valence-electron chi connectivity index (χ1n) is 5.46. The van der Waals surface area contributed by atoms with Gasteiger partial charge in [0.25, 0.3) is 0 Å². The number of rotatable bonds is 2. The van der Waals surface area contributed by atoms with Crippen molar-refractivity contribution in [2.75, 3.05) is 39.3 Å². The van der Waals surface area contributed by atoms with Crippen molar-refractivity contribution in [2.24, 2.45) is 0 Å². The lowest BCUT2D eigenvalue weighted by molar-refractivity contribution is 0.0591. The van der Waals surface area contributed by atoms with E-state index in [9.17, 15) is 0 Å². The maximum absolute atomic E-state index is 3.34. The Hall–Kier alpha value is -0.120. The molecule has 0 amide bonds.